The van der Waals surface area contributed by atoms with Gasteiger partial charge in [-0.3, -0.25) is 8.98 Å². The molecular formula is C13H25NO5S. The smallest absolute Gasteiger partial charge is 0.327 e. The van der Waals surface area contributed by atoms with E-state index in [2.05, 4.69) is 0 Å². The fraction of sp³-hybridized carbons (Fsp3) is 0.923. The summed E-state index contributed by atoms with van der Waals surface area (Å²) in [5, 5.41) is 0. The number of nitrogens with two attached hydrogens (primary N) is 1. The molecule has 0 aromatic heterocycles. The molecule has 1 aliphatic rings. The molecule has 1 aliphatic carbocycles. The first kappa shape index (κ1) is 17.4. The lowest BCUT2D eigenvalue weighted by Gasteiger charge is -2.41. The maximum absolute atomic E-state index is 12.3. The van der Waals surface area contributed by atoms with Crippen molar-refractivity contribution in [3.05, 3.63) is 0 Å². The van der Waals surface area contributed by atoms with Gasteiger partial charge in [-0.2, -0.15) is 8.42 Å². The van der Waals surface area contributed by atoms with Crippen LogP contribution in [0.2, 0.25) is 0 Å². The molecule has 2 N–H and O–H groups in total. The van der Waals surface area contributed by atoms with Gasteiger partial charge in [0.05, 0.1) is 12.9 Å². The number of carbonyl (C=O) groups is 1. The molecule has 0 aromatic carbocycles. The van der Waals surface area contributed by atoms with E-state index < -0.39 is 27.2 Å². The number of carbonyl (C=O) groups excluding carboxylic acids is 1. The van der Waals surface area contributed by atoms with E-state index in [0.717, 1.165) is 25.5 Å². The molecule has 1 fully saturated rings. The van der Waals surface area contributed by atoms with Crippen LogP contribution < -0.4 is 5.73 Å². The van der Waals surface area contributed by atoms with Crippen LogP contribution in [-0.2, 0) is 23.8 Å². The average molecular weight is 307 g/mol. The number of ether oxygens (including phenoxy) is 1. The third kappa shape index (κ3) is 5.03. The predicted octanol–water partition coefficient (Wildman–Crippen LogP) is 1.19. The Morgan fingerprint density at radius 3 is 2.20 bits per heavy atom. The molecule has 0 spiro atoms. The summed E-state index contributed by atoms with van der Waals surface area (Å²) in [4.78, 5) is 12.3. The lowest BCUT2D eigenvalue weighted by Crippen LogP contribution is -2.58. The van der Waals surface area contributed by atoms with Crippen LogP contribution in [0.1, 0.15) is 46.5 Å². The van der Waals surface area contributed by atoms with Gasteiger partial charge in [-0.05, 0) is 39.5 Å². The maximum Gasteiger partial charge on any atom is 0.327 e. The van der Waals surface area contributed by atoms with E-state index in [-0.39, 0.29) is 18.9 Å². The summed E-state index contributed by atoms with van der Waals surface area (Å²) in [6, 6.07) is 0. The van der Waals surface area contributed by atoms with Gasteiger partial charge in [-0.1, -0.05) is 6.42 Å². The zero-order valence-corrected chi connectivity index (χ0v) is 13.5. The predicted molar refractivity (Wildman–Crippen MR) is 75.5 cm³/mol. The molecule has 20 heavy (non-hydrogen) atoms. The second-order valence-electron chi connectivity index (χ2n) is 6.45. The van der Waals surface area contributed by atoms with Gasteiger partial charge in [0, 0.05) is 6.42 Å². The summed E-state index contributed by atoms with van der Waals surface area (Å²) >= 11 is 0. The van der Waals surface area contributed by atoms with Crippen LogP contribution in [0.5, 0.6) is 0 Å². The molecule has 118 valence electrons. The van der Waals surface area contributed by atoms with Crippen molar-refractivity contribution in [1.82, 2.24) is 0 Å². The fourth-order valence-electron chi connectivity index (χ4n) is 2.13. The Balaban J connectivity index is 2.73. The van der Waals surface area contributed by atoms with E-state index >= 15 is 0 Å². The van der Waals surface area contributed by atoms with Crippen LogP contribution in [-0.4, -0.2) is 38.4 Å². The molecule has 0 aliphatic heterocycles. The first-order chi connectivity index (χ1) is 8.94. The molecule has 1 saturated carbocycles. The van der Waals surface area contributed by atoms with Gasteiger partial charge in [0.1, 0.15) is 11.1 Å². The third-order valence-electron chi connectivity index (χ3n) is 3.43. The molecule has 1 atom stereocenters. The monoisotopic (exact) mass is 307 g/mol. The third-order valence-corrected chi connectivity index (χ3v) is 4.02. The van der Waals surface area contributed by atoms with Crippen molar-refractivity contribution in [3.8, 4) is 0 Å². The highest BCUT2D eigenvalue weighted by Gasteiger charge is 2.47. The normalized spacial score (nSPS) is 20.1. The van der Waals surface area contributed by atoms with Crippen molar-refractivity contribution < 1.29 is 22.1 Å². The van der Waals surface area contributed by atoms with Crippen molar-refractivity contribution in [3.63, 3.8) is 0 Å². The zero-order chi connectivity index (χ0) is 15.6. The van der Waals surface area contributed by atoms with Crippen LogP contribution in [0.25, 0.3) is 0 Å². The second-order valence-corrected chi connectivity index (χ2v) is 8.09. The van der Waals surface area contributed by atoms with Gasteiger partial charge in [0.25, 0.3) is 10.1 Å². The van der Waals surface area contributed by atoms with Crippen molar-refractivity contribution in [2.24, 2.45) is 11.7 Å². The molecule has 0 heterocycles. The summed E-state index contributed by atoms with van der Waals surface area (Å²) in [7, 11) is -3.53. The van der Waals surface area contributed by atoms with E-state index in [4.69, 9.17) is 14.7 Å². The minimum absolute atomic E-state index is 0.0283. The molecule has 0 radical (unpaired) electrons. The molecule has 7 heteroatoms. The summed E-state index contributed by atoms with van der Waals surface area (Å²) in [5.41, 5.74) is 4.44. The van der Waals surface area contributed by atoms with Gasteiger partial charge in [-0.15, -0.1) is 0 Å². The van der Waals surface area contributed by atoms with Gasteiger partial charge < -0.3 is 10.5 Å². The topological polar surface area (TPSA) is 95.7 Å². The highest BCUT2D eigenvalue weighted by Crippen LogP contribution is 2.38. The Morgan fingerprint density at radius 2 is 1.85 bits per heavy atom. The van der Waals surface area contributed by atoms with E-state index in [1.54, 1.807) is 20.8 Å². The minimum atomic E-state index is -3.53. The van der Waals surface area contributed by atoms with E-state index in [0.29, 0.717) is 0 Å². The Kier molecular flexibility index (Phi) is 5.21. The van der Waals surface area contributed by atoms with Gasteiger partial charge in [0.15, 0.2) is 0 Å². The largest absolute Gasteiger partial charge is 0.459 e. The molecule has 0 bridgehead atoms. The fourth-order valence-corrected chi connectivity index (χ4v) is 2.52. The summed E-state index contributed by atoms with van der Waals surface area (Å²) in [6.45, 7) is 5.22. The van der Waals surface area contributed by atoms with Crippen molar-refractivity contribution in [1.29, 1.82) is 0 Å². The Labute approximate surface area is 121 Å². The molecule has 0 saturated heterocycles. The molecule has 0 aromatic rings. The summed E-state index contributed by atoms with van der Waals surface area (Å²) in [5.74, 6) is -0.452. The van der Waals surface area contributed by atoms with E-state index in [1.165, 1.54) is 0 Å². The van der Waals surface area contributed by atoms with Gasteiger partial charge in [-0.25, -0.2) is 0 Å². The van der Waals surface area contributed by atoms with Crippen LogP contribution in [0, 0.1) is 5.92 Å². The van der Waals surface area contributed by atoms with E-state index in [9.17, 15) is 13.2 Å². The highest BCUT2D eigenvalue weighted by atomic mass is 32.2. The summed E-state index contributed by atoms with van der Waals surface area (Å²) < 4.78 is 32.1. The lowest BCUT2D eigenvalue weighted by molar-refractivity contribution is -0.166. The van der Waals surface area contributed by atoms with Gasteiger partial charge >= 0.3 is 5.97 Å². The molecule has 6 nitrogen and oxygen atoms in total. The average Bonchev–Trinajstić information content (AvgIpc) is 2.09. The first-order valence-electron chi connectivity index (χ1n) is 6.81. The maximum atomic E-state index is 12.3. The van der Waals surface area contributed by atoms with Crippen molar-refractivity contribution >= 4 is 16.1 Å². The quantitative estimate of drug-likeness (QED) is 0.585. The van der Waals surface area contributed by atoms with Gasteiger partial charge in [0.2, 0.25) is 0 Å². The Bertz CT molecular complexity index is 450. The van der Waals surface area contributed by atoms with Crippen LogP contribution >= 0.6 is 0 Å². The molecular weight excluding hydrogens is 282 g/mol. The zero-order valence-electron chi connectivity index (χ0n) is 12.6. The Hall–Kier alpha value is -0.660. The molecule has 1 rings (SSSR count). The number of hydrogen-bond acceptors (Lipinski definition) is 6. The first-order valence-corrected chi connectivity index (χ1v) is 8.62. The number of rotatable bonds is 6. The minimum Gasteiger partial charge on any atom is -0.459 e. The Morgan fingerprint density at radius 1 is 1.30 bits per heavy atom. The molecule has 0 amide bonds. The van der Waals surface area contributed by atoms with E-state index in [1.807, 2.05) is 0 Å². The standard InChI is InChI=1S/C13H25NO5S/c1-12(2,3)19-11(15)13(14,10-6-5-7-10)8-9-18-20(4,16)17/h10H,5-9,14H2,1-4H3. The van der Waals surface area contributed by atoms with Crippen molar-refractivity contribution in [2.75, 3.05) is 12.9 Å². The number of esters is 1. The summed E-state index contributed by atoms with van der Waals surface area (Å²) in [6.07, 6.45) is 3.85. The second kappa shape index (κ2) is 5.99. The lowest BCUT2D eigenvalue weighted by atomic mass is 9.69. The highest BCUT2D eigenvalue weighted by molar-refractivity contribution is 7.85. The number of hydrogen-bond donors (Lipinski definition) is 1. The van der Waals surface area contributed by atoms with Crippen LogP contribution in [0.3, 0.4) is 0 Å². The van der Waals surface area contributed by atoms with Crippen LogP contribution in [0.4, 0.5) is 0 Å². The van der Waals surface area contributed by atoms with Crippen molar-refractivity contribution in [2.45, 2.75) is 57.6 Å². The molecule has 1 unspecified atom stereocenters. The van der Waals surface area contributed by atoms with Crippen LogP contribution in [0.15, 0.2) is 0 Å². The SMILES string of the molecule is CC(C)(C)OC(=O)C(N)(CCOS(C)(=O)=O)C1CCC1.